The summed E-state index contributed by atoms with van der Waals surface area (Å²) in [6.07, 6.45) is 5.93. The fourth-order valence-electron chi connectivity index (χ4n) is 2.03. The molecule has 0 unspecified atom stereocenters. The maximum Gasteiger partial charge on any atom is -0.00644 e. The highest BCUT2D eigenvalue weighted by Gasteiger charge is 2.11. The predicted octanol–water partition coefficient (Wildman–Crippen LogP) is 3.43. The second kappa shape index (κ2) is 3.37. The van der Waals surface area contributed by atoms with E-state index in [1.54, 1.807) is 11.1 Å². The smallest absolute Gasteiger partial charge is 0.00644 e. The lowest BCUT2D eigenvalue weighted by Gasteiger charge is -2.18. The zero-order valence-corrected chi connectivity index (χ0v) is 8.43. The van der Waals surface area contributed by atoms with Gasteiger partial charge >= 0.3 is 0 Å². The van der Waals surface area contributed by atoms with Crippen LogP contribution < -0.4 is 0 Å². The van der Waals surface area contributed by atoms with Crippen molar-refractivity contribution in [2.75, 3.05) is 0 Å². The van der Waals surface area contributed by atoms with E-state index >= 15 is 0 Å². The van der Waals surface area contributed by atoms with Crippen LogP contribution in [-0.2, 0) is 12.8 Å². The molecule has 0 aliphatic heterocycles. The molecule has 1 aromatic carbocycles. The van der Waals surface area contributed by atoms with Crippen LogP contribution in [0.2, 0.25) is 0 Å². The van der Waals surface area contributed by atoms with Crippen LogP contribution in [0.3, 0.4) is 0 Å². The highest BCUT2D eigenvalue weighted by atomic mass is 14.2. The van der Waals surface area contributed by atoms with E-state index in [1.165, 1.54) is 30.4 Å². The Morgan fingerprint density at radius 1 is 1.15 bits per heavy atom. The van der Waals surface area contributed by atoms with Crippen LogP contribution >= 0.6 is 0 Å². The Kier molecular flexibility index (Phi) is 2.22. The first-order chi connectivity index (χ1) is 6.29. The quantitative estimate of drug-likeness (QED) is 0.526. The van der Waals surface area contributed by atoms with E-state index in [1.807, 2.05) is 0 Å². The van der Waals surface area contributed by atoms with Crippen molar-refractivity contribution >= 4 is 0 Å². The SMILES string of the molecule is C/C=C1/CCc2cc(C)ccc2C1. The van der Waals surface area contributed by atoms with Crippen LogP contribution in [0.5, 0.6) is 0 Å². The van der Waals surface area contributed by atoms with Crippen molar-refractivity contribution < 1.29 is 0 Å². The first-order valence-electron chi connectivity index (χ1n) is 5.02. The first kappa shape index (κ1) is 8.55. The molecule has 0 saturated carbocycles. The minimum atomic E-state index is 1.17. The van der Waals surface area contributed by atoms with Gasteiger partial charge in [0.25, 0.3) is 0 Å². The molecule has 0 radical (unpaired) electrons. The molecule has 1 aliphatic rings. The maximum atomic E-state index is 2.34. The Labute approximate surface area is 80.3 Å². The fourth-order valence-corrected chi connectivity index (χ4v) is 2.03. The average Bonchev–Trinajstić information content (AvgIpc) is 2.17. The Morgan fingerprint density at radius 3 is 2.77 bits per heavy atom. The van der Waals surface area contributed by atoms with Gasteiger partial charge in [-0.1, -0.05) is 35.4 Å². The molecule has 0 saturated heterocycles. The third-order valence-electron chi connectivity index (χ3n) is 2.90. The summed E-state index contributed by atoms with van der Waals surface area (Å²) in [4.78, 5) is 0. The molecule has 0 spiro atoms. The fraction of sp³-hybridized carbons (Fsp3) is 0.385. The van der Waals surface area contributed by atoms with Gasteiger partial charge in [0, 0.05) is 0 Å². The van der Waals surface area contributed by atoms with Gasteiger partial charge < -0.3 is 0 Å². The average molecular weight is 172 g/mol. The van der Waals surface area contributed by atoms with Gasteiger partial charge in [0.1, 0.15) is 0 Å². The predicted molar refractivity (Wildman–Crippen MR) is 57.0 cm³/mol. The van der Waals surface area contributed by atoms with Crippen LogP contribution in [0, 0.1) is 6.92 Å². The van der Waals surface area contributed by atoms with Crippen molar-refractivity contribution in [2.24, 2.45) is 0 Å². The van der Waals surface area contributed by atoms with Crippen molar-refractivity contribution in [1.82, 2.24) is 0 Å². The summed E-state index contributed by atoms with van der Waals surface area (Å²) in [5.74, 6) is 0. The van der Waals surface area contributed by atoms with Gasteiger partial charge in [-0.3, -0.25) is 0 Å². The normalized spacial score (nSPS) is 18.8. The molecule has 1 aromatic rings. The van der Waals surface area contributed by atoms with Crippen LogP contribution in [0.1, 0.15) is 30.0 Å². The minimum absolute atomic E-state index is 1.17. The van der Waals surface area contributed by atoms with Crippen LogP contribution in [-0.4, -0.2) is 0 Å². The molecular weight excluding hydrogens is 156 g/mol. The molecule has 0 amide bonds. The molecular formula is C13H16. The topological polar surface area (TPSA) is 0 Å². The number of rotatable bonds is 0. The number of allylic oxidation sites excluding steroid dienone is 2. The zero-order valence-electron chi connectivity index (χ0n) is 8.43. The van der Waals surface area contributed by atoms with E-state index in [0.717, 1.165) is 0 Å². The third-order valence-corrected chi connectivity index (χ3v) is 2.90. The summed E-state index contributed by atoms with van der Waals surface area (Å²) in [5, 5.41) is 0. The van der Waals surface area contributed by atoms with E-state index in [4.69, 9.17) is 0 Å². The number of fused-ring (bicyclic) bond motifs is 1. The van der Waals surface area contributed by atoms with E-state index in [9.17, 15) is 0 Å². The minimum Gasteiger partial charge on any atom is -0.0881 e. The lowest BCUT2D eigenvalue weighted by Crippen LogP contribution is -2.05. The molecule has 0 atom stereocenters. The Morgan fingerprint density at radius 2 is 2.00 bits per heavy atom. The third kappa shape index (κ3) is 1.67. The highest BCUT2D eigenvalue weighted by molar-refractivity contribution is 5.37. The second-order valence-corrected chi connectivity index (χ2v) is 3.90. The Bertz CT molecular complexity index is 345. The van der Waals surface area contributed by atoms with Gasteiger partial charge in [-0.25, -0.2) is 0 Å². The van der Waals surface area contributed by atoms with Crippen LogP contribution in [0.25, 0.3) is 0 Å². The first-order valence-corrected chi connectivity index (χ1v) is 5.02. The van der Waals surface area contributed by atoms with Gasteiger partial charge in [0.15, 0.2) is 0 Å². The van der Waals surface area contributed by atoms with E-state index in [2.05, 4.69) is 38.1 Å². The van der Waals surface area contributed by atoms with Gasteiger partial charge in [0.05, 0.1) is 0 Å². The van der Waals surface area contributed by atoms with Crippen LogP contribution in [0.15, 0.2) is 29.8 Å². The van der Waals surface area contributed by atoms with Gasteiger partial charge in [-0.15, -0.1) is 0 Å². The monoisotopic (exact) mass is 172 g/mol. The lowest BCUT2D eigenvalue weighted by atomic mass is 9.87. The standard InChI is InChI=1S/C13H16/c1-3-11-5-7-12-8-10(2)4-6-13(12)9-11/h3-4,6,8H,5,7,9H2,1-2H3/b11-3-. The number of aryl methyl sites for hydroxylation is 2. The van der Waals surface area contributed by atoms with Crippen molar-refractivity contribution in [3.05, 3.63) is 46.5 Å². The van der Waals surface area contributed by atoms with E-state index in [0.29, 0.717) is 0 Å². The van der Waals surface area contributed by atoms with Crippen molar-refractivity contribution in [1.29, 1.82) is 0 Å². The molecule has 68 valence electrons. The van der Waals surface area contributed by atoms with E-state index < -0.39 is 0 Å². The van der Waals surface area contributed by atoms with Crippen molar-refractivity contribution in [3.8, 4) is 0 Å². The number of hydrogen-bond acceptors (Lipinski definition) is 0. The molecule has 2 rings (SSSR count). The Hall–Kier alpha value is -1.04. The summed E-state index contributed by atoms with van der Waals surface area (Å²) >= 11 is 0. The molecule has 13 heavy (non-hydrogen) atoms. The maximum absolute atomic E-state index is 2.34. The van der Waals surface area contributed by atoms with Gasteiger partial charge in [-0.2, -0.15) is 0 Å². The highest BCUT2D eigenvalue weighted by Crippen LogP contribution is 2.25. The molecule has 0 heteroatoms. The Balaban J connectivity index is 2.37. The van der Waals surface area contributed by atoms with E-state index in [-0.39, 0.29) is 0 Å². The molecule has 0 aromatic heterocycles. The van der Waals surface area contributed by atoms with Crippen molar-refractivity contribution in [2.45, 2.75) is 33.1 Å². The molecule has 1 aliphatic carbocycles. The van der Waals surface area contributed by atoms with Gasteiger partial charge in [-0.05, 0) is 44.2 Å². The molecule has 0 heterocycles. The molecule has 0 fully saturated rings. The second-order valence-electron chi connectivity index (χ2n) is 3.90. The molecule has 0 nitrogen and oxygen atoms in total. The summed E-state index contributed by atoms with van der Waals surface area (Å²) in [6, 6.07) is 6.84. The summed E-state index contributed by atoms with van der Waals surface area (Å²) in [7, 11) is 0. The summed E-state index contributed by atoms with van der Waals surface area (Å²) in [5.41, 5.74) is 6.08. The largest absolute Gasteiger partial charge is 0.0881 e. The number of benzene rings is 1. The summed E-state index contributed by atoms with van der Waals surface area (Å²) in [6.45, 7) is 4.32. The van der Waals surface area contributed by atoms with Gasteiger partial charge in [0.2, 0.25) is 0 Å². The van der Waals surface area contributed by atoms with Crippen molar-refractivity contribution in [3.63, 3.8) is 0 Å². The van der Waals surface area contributed by atoms with Crippen LogP contribution in [0.4, 0.5) is 0 Å². The molecule has 0 bridgehead atoms. The zero-order chi connectivity index (χ0) is 9.26. The summed E-state index contributed by atoms with van der Waals surface area (Å²) < 4.78 is 0. The number of hydrogen-bond donors (Lipinski definition) is 0. The lowest BCUT2D eigenvalue weighted by molar-refractivity contribution is 0.832. The molecule has 0 N–H and O–H groups in total.